The van der Waals surface area contributed by atoms with Crippen molar-refractivity contribution in [2.24, 2.45) is 0 Å². The van der Waals surface area contributed by atoms with Gasteiger partial charge in [0.1, 0.15) is 6.61 Å². The van der Waals surface area contributed by atoms with Gasteiger partial charge in [0.25, 0.3) is 0 Å². The Morgan fingerprint density at radius 1 is 1.05 bits per heavy atom. The van der Waals surface area contributed by atoms with E-state index in [0.717, 1.165) is 10.0 Å². The predicted molar refractivity (Wildman–Crippen MR) is 79.7 cm³/mol. The average molecular weight is 360 g/mol. The normalized spacial score (nSPS) is 10.3. The van der Waals surface area contributed by atoms with Crippen molar-refractivity contribution in [3.05, 3.63) is 68.1 Å². The van der Waals surface area contributed by atoms with E-state index >= 15 is 0 Å². The van der Waals surface area contributed by atoms with E-state index in [1.807, 2.05) is 0 Å². The van der Waals surface area contributed by atoms with E-state index in [0.29, 0.717) is 15.6 Å². The number of halogens is 3. The third kappa shape index (κ3) is 3.96. The number of hydrogen-bond donors (Lipinski definition) is 0. The molecular formula is C14H9BrCl2O2. The van der Waals surface area contributed by atoms with E-state index in [2.05, 4.69) is 15.9 Å². The molecule has 0 radical (unpaired) electrons. The molecule has 0 fully saturated rings. The zero-order valence-corrected chi connectivity index (χ0v) is 12.8. The lowest BCUT2D eigenvalue weighted by Crippen LogP contribution is -2.05. The van der Waals surface area contributed by atoms with E-state index in [-0.39, 0.29) is 12.6 Å². The Morgan fingerprint density at radius 2 is 1.74 bits per heavy atom. The maximum absolute atomic E-state index is 11.8. The molecule has 0 aliphatic rings. The van der Waals surface area contributed by atoms with Crippen molar-refractivity contribution in [3.8, 4) is 0 Å². The van der Waals surface area contributed by atoms with E-state index in [1.54, 1.807) is 42.5 Å². The van der Waals surface area contributed by atoms with Gasteiger partial charge in [-0.1, -0.05) is 45.2 Å². The molecule has 19 heavy (non-hydrogen) atoms. The second-order valence-electron chi connectivity index (χ2n) is 3.83. The third-order valence-corrected chi connectivity index (χ3v) is 3.70. The lowest BCUT2D eigenvalue weighted by atomic mass is 10.2. The summed E-state index contributed by atoms with van der Waals surface area (Å²) in [7, 11) is 0. The van der Waals surface area contributed by atoms with Crippen LogP contribution in [0, 0.1) is 0 Å². The van der Waals surface area contributed by atoms with E-state index in [4.69, 9.17) is 27.9 Å². The number of rotatable bonds is 3. The summed E-state index contributed by atoms with van der Waals surface area (Å²) in [4.78, 5) is 11.8. The van der Waals surface area contributed by atoms with Crippen LogP contribution in [-0.4, -0.2) is 5.97 Å². The van der Waals surface area contributed by atoms with Gasteiger partial charge in [0.05, 0.1) is 15.6 Å². The molecule has 0 aliphatic carbocycles. The first kappa shape index (κ1) is 14.4. The Morgan fingerprint density at radius 3 is 2.37 bits per heavy atom. The SMILES string of the molecule is O=C(OCc1ccc(Cl)c(Cl)c1)c1ccc(Br)cc1. The van der Waals surface area contributed by atoms with Gasteiger partial charge in [-0.2, -0.15) is 0 Å². The zero-order chi connectivity index (χ0) is 13.8. The van der Waals surface area contributed by atoms with Crippen LogP contribution in [0.5, 0.6) is 0 Å². The maximum Gasteiger partial charge on any atom is 0.338 e. The number of carbonyl (C=O) groups excluding carboxylic acids is 1. The molecule has 0 saturated carbocycles. The van der Waals surface area contributed by atoms with Gasteiger partial charge < -0.3 is 4.74 Å². The van der Waals surface area contributed by atoms with Crippen LogP contribution in [0.15, 0.2) is 46.9 Å². The molecular weight excluding hydrogens is 351 g/mol. The highest BCUT2D eigenvalue weighted by Crippen LogP contribution is 2.23. The van der Waals surface area contributed by atoms with Gasteiger partial charge in [0.15, 0.2) is 0 Å². The molecule has 98 valence electrons. The molecule has 2 aromatic rings. The first-order valence-corrected chi connectivity index (χ1v) is 6.98. The van der Waals surface area contributed by atoms with E-state index in [9.17, 15) is 4.79 Å². The molecule has 0 saturated heterocycles. The minimum Gasteiger partial charge on any atom is -0.457 e. The van der Waals surface area contributed by atoms with Crippen molar-refractivity contribution < 1.29 is 9.53 Å². The van der Waals surface area contributed by atoms with Crippen molar-refractivity contribution in [2.75, 3.05) is 0 Å². The molecule has 2 aromatic carbocycles. The quantitative estimate of drug-likeness (QED) is 0.711. The van der Waals surface area contributed by atoms with Crippen LogP contribution >= 0.6 is 39.1 Å². The van der Waals surface area contributed by atoms with Crippen LogP contribution in [0.2, 0.25) is 10.0 Å². The summed E-state index contributed by atoms with van der Waals surface area (Å²) in [5.74, 6) is -0.376. The lowest BCUT2D eigenvalue weighted by molar-refractivity contribution is 0.0472. The molecule has 5 heteroatoms. The monoisotopic (exact) mass is 358 g/mol. The standard InChI is InChI=1S/C14H9BrCl2O2/c15-11-4-2-10(3-5-11)14(18)19-8-9-1-6-12(16)13(17)7-9/h1-7H,8H2. The predicted octanol–water partition coefficient (Wildman–Crippen LogP) is 5.11. The summed E-state index contributed by atoms with van der Waals surface area (Å²) < 4.78 is 6.10. The van der Waals surface area contributed by atoms with Crippen LogP contribution in [0.3, 0.4) is 0 Å². The van der Waals surface area contributed by atoms with Crippen molar-refractivity contribution in [1.29, 1.82) is 0 Å². The molecule has 0 aliphatic heterocycles. The van der Waals surface area contributed by atoms with Crippen molar-refractivity contribution in [2.45, 2.75) is 6.61 Å². The van der Waals surface area contributed by atoms with Gasteiger partial charge in [0.2, 0.25) is 0 Å². The minimum absolute atomic E-state index is 0.159. The van der Waals surface area contributed by atoms with E-state index < -0.39 is 0 Å². The smallest absolute Gasteiger partial charge is 0.338 e. The summed E-state index contributed by atoms with van der Waals surface area (Å²) in [6, 6.07) is 12.1. The number of benzene rings is 2. The van der Waals surface area contributed by atoms with Gasteiger partial charge in [-0.25, -0.2) is 4.79 Å². The third-order valence-electron chi connectivity index (χ3n) is 2.43. The first-order chi connectivity index (χ1) is 9.06. The van der Waals surface area contributed by atoms with Crippen molar-refractivity contribution >= 4 is 45.1 Å². The summed E-state index contributed by atoms with van der Waals surface area (Å²) in [5, 5.41) is 0.920. The van der Waals surface area contributed by atoms with Crippen molar-refractivity contribution in [1.82, 2.24) is 0 Å². The Bertz CT molecular complexity index is 597. The second-order valence-corrected chi connectivity index (χ2v) is 5.56. The first-order valence-electron chi connectivity index (χ1n) is 5.43. The minimum atomic E-state index is -0.376. The molecule has 0 spiro atoms. The Balaban J connectivity index is 2.00. The van der Waals surface area contributed by atoms with Crippen LogP contribution in [0.1, 0.15) is 15.9 Å². The highest BCUT2D eigenvalue weighted by atomic mass is 79.9. The fourth-order valence-corrected chi connectivity index (χ4v) is 2.03. The van der Waals surface area contributed by atoms with Crippen LogP contribution in [-0.2, 0) is 11.3 Å². The molecule has 2 nitrogen and oxygen atoms in total. The summed E-state index contributed by atoms with van der Waals surface area (Å²) in [5.41, 5.74) is 1.29. The molecule has 0 heterocycles. The van der Waals surface area contributed by atoms with Crippen LogP contribution in [0.4, 0.5) is 0 Å². The van der Waals surface area contributed by atoms with Gasteiger partial charge in [-0.3, -0.25) is 0 Å². The van der Waals surface area contributed by atoms with Crippen LogP contribution in [0.25, 0.3) is 0 Å². The summed E-state index contributed by atoms with van der Waals surface area (Å²) >= 11 is 15.0. The Hall–Kier alpha value is -1.03. The molecule has 0 bridgehead atoms. The summed E-state index contributed by atoms with van der Waals surface area (Å²) in [6.45, 7) is 0.159. The highest BCUT2D eigenvalue weighted by molar-refractivity contribution is 9.10. The number of hydrogen-bond acceptors (Lipinski definition) is 2. The van der Waals surface area contributed by atoms with E-state index in [1.165, 1.54) is 0 Å². The summed E-state index contributed by atoms with van der Waals surface area (Å²) in [6.07, 6.45) is 0. The molecule has 0 unspecified atom stereocenters. The zero-order valence-electron chi connectivity index (χ0n) is 9.70. The average Bonchev–Trinajstić information content (AvgIpc) is 2.40. The van der Waals surface area contributed by atoms with Gasteiger partial charge in [0, 0.05) is 4.47 Å². The Labute approximate surface area is 129 Å². The van der Waals surface area contributed by atoms with Gasteiger partial charge in [-0.15, -0.1) is 0 Å². The molecule has 2 rings (SSSR count). The van der Waals surface area contributed by atoms with Crippen molar-refractivity contribution in [3.63, 3.8) is 0 Å². The van der Waals surface area contributed by atoms with Crippen LogP contribution < -0.4 is 0 Å². The number of esters is 1. The molecule has 0 atom stereocenters. The molecule has 0 amide bonds. The Kier molecular flexibility index (Phi) is 4.86. The number of carbonyl (C=O) groups is 1. The topological polar surface area (TPSA) is 26.3 Å². The second kappa shape index (κ2) is 6.42. The highest BCUT2D eigenvalue weighted by Gasteiger charge is 2.07. The maximum atomic E-state index is 11.8. The largest absolute Gasteiger partial charge is 0.457 e. The molecule has 0 N–H and O–H groups in total. The molecule has 0 aromatic heterocycles. The van der Waals surface area contributed by atoms with Gasteiger partial charge >= 0.3 is 5.97 Å². The fourth-order valence-electron chi connectivity index (χ4n) is 1.45. The fraction of sp³-hybridized carbons (Fsp3) is 0.0714. The lowest BCUT2D eigenvalue weighted by Gasteiger charge is -2.06. The van der Waals surface area contributed by atoms with Gasteiger partial charge in [-0.05, 0) is 42.0 Å². The number of ether oxygens (including phenoxy) is 1.